The van der Waals surface area contributed by atoms with Gasteiger partial charge in [-0.15, -0.1) is 0 Å². The van der Waals surface area contributed by atoms with E-state index in [0.717, 1.165) is 17.9 Å². The first kappa shape index (κ1) is 18.3. The van der Waals surface area contributed by atoms with E-state index in [9.17, 15) is 0 Å². The maximum absolute atomic E-state index is 6.00. The second-order valence-corrected chi connectivity index (χ2v) is 7.65. The van der Waals surface area contributed by atoms with Crippen molar-refractivity contribution in [3.05, 3.63) is 88.4 Å². The smallest absolute Gasteiger partial charge is 0.200 e. The minimum absolute atomic E-state index is 0.126. The maximum atomic E-state index is 6.00. The average Bonchev–Trinajstić information content (AvgIpc) is 3.37. The number of rotatable bonds is 6. The molecule has 0 aliphatic carbocycles. The molecule has 4 aromatic rings. The van der Waals surface area contributed by atoms with E-state index in [4.69, 9.17) is 10.5 Å². The van der Waals surface area contributed by atoms with Crippen molar-refractivity contribution in [2.45, 2.75) is 12.3 Å². The third kappa shape index (κ3) is 3.80. The first-order valence-corrected chi connectivity index (χ1v) is 10.1. The molecule has 0 aliphatic heterocycles. The summed E-state index contributed by atoms with van der Waals surface area (Å²) in [4.78, 5) is 4.59. The molecular weight excluding hydrogens is 366 g/mol. The summed E-state index contributed by atoms with van der Waals surface area (Å²) in [6.45, 7) is 0. The quantitative estimate of drug-likeness (QED) is 0.498. The van der Waals surface area contributed by atoms with Crippen LogP contribution in [0.4, 0.5) is 5.95 Å². The number of nitrogens with two attached hydrogens (primary N) is 1. The van der Waals surface area contributed by atoms with Crippen LogP contribution in [0.25, 0.3) is 11.1 Å². The predicted octanol–water partition coefficient (Wildman–Crippen LogP) is 5.11. The summed E-state index contributed by atoms with van der Waals surface area (Å²) < 4.78 is 7.17. The molecule has 0 saturated carbocycles. The molecule has 0 amide bonds. The van der Waals surface area contributed by atoms with Crippen LogP contribution in [0.1, 0.15) is 22.7 Å². The third-order valence-corrected chi connectivity index (χ3v) is 5.74. The summed E-state index contributed by atoms with van der Waals surface area (Å²) in [5.74, 6) is 1.51. The highest BCUT2D eigenvalue weighted by Crippen LogP contribution is 2.31. The highest BCUT2D eigenvalue weighted by atomic mass is 32.1. The van der Waals surface area contributed by atoms with Crippen LogP contribution in [0.3, 0.4) is 0 Å². The van der Waals surface area contributed by atoms with Gasteiger partial charge in [-0.05, 0) is 57.6 Å². The fourth-order valence-electron chi connectivity index (χ4n) is 3.40. The highest BCUT2D eigenvalue weighted by molar-refractivity contribution is 7.08. The van der Waals surface area contributed by atoms with Gasteiger partial charge in [-0.3, -0.25) is 0 Å². The summed E-state index contributed by atoms with van der Waals surface area (Å²) >= 11 is 1.72. The van der Waals surface area contributed by atoms with Crippen LogP contribution < -0.4 is 10.5 Å². The number of hydrogen-bond acceptors (Lipinski definition) is 4. The molecule has 2 N–H and O–H groups in total. The summed E-state index contributed by atoms with van der Waals surface area (Å²) in [7, 11) is 3.60. The van der Waals surface area contributed by atoms with E-state index >= 15 is 0 Å². The normalized spacial score (nSPS) is 12.1. The van der Waals surface area contributed by atoms with Crippen molar-refractivity contribution in [2.24, 2.45) is 7.05 Å². The van der Waals surface area contributed by atoms with Gasteiger partial charge in [0.15, 0.2) is 5.95 Å². The van der Waals surface area contributed by atoms with Gasteiger partial charge in [0, 0.05) is 19.2 Å². The molecule has 28 heavy (non-hydrogen) atoms. The number of hydrogen-bond donors (Lipinski definition) is 1. The van der Waals surface area contributed by atoms with Crippen molar-refractivity contribution in [3.63, 3.8) is 0 Å². The van der Waals surface area contributed by atoms with E-state index < -0.39 is 0 Å². The molecule has 0 aliphatic rings. The Morgan fingerprint density at radius 2 is 1.79 bits per heavy atom. The minimum atomic E-state index is 0.126. The molecule has 2 aromatic carbocycles. The average molecular weight is 390 g/mol. The number of aryl methyl sites for hydroxylation is 1. The molecule has 0 fully saturated rings. The summed E-state index contributed by atoms with van der Waals surface area (Å²) in [6, 6.07) is 19.1. The molecule has 2 heterocycles. The molecule has 4 nitrogen and oxygen atoms in total. The zero-order valence-corrected chi connectivity index (χ0v) is 16.8. The molecule has 1 atom stereocenters. The van der Waals surface area contributed by atoms with Gasteiger partial charge in [0.25, 0.3) is 0 Å². The Kier molecular flexibility index (Phi) is 5.17. The van der Waals surface area contributed by atoms with E-state index in [1.54, 1.807) is 18.4 Å². The van der Waals surface area contributed by atoms with Crippen molar-refractivity contribution in [1.82, 2.24) is 9.55 Å². The number of anilines is 1. The van der Waals surface area contributed by atoms with E-state index in [2.05, 4.69) is 58.2 Å². The molecule has 5 heteroatoms. The van der Waals surface area contributed by atoms with Gasteiger partial charge < -0.3 is 15.0 Å². The Labute approximate surface area is 169 Å². The number of benzene rings is 2. The van der Waals surface area contributed by atoms with Crippen LogP contribution in [0.5, 0.6) is 5.75 Å². The van der Waals surface area contributed by atoms with Crippen LogP contribution >= 0.6 is 11.3 Å². The first-order chi connectivity index (χ1) is 13.6. The third-order valence-electron chi connectivity index (χ3n) is 5.05. The largest absolute Gasteiger partial charge is 0.497 e. The highest BCUT2D eigenvalue weighted by Gasteiger charge is 2.19. The number of ether oxygens (including phenoxy) is 1. The molecule has 0 saturated heterocycles. The van der Waals surface area contributed by atoms with E-state index in [0.29, 0.717) is 5.95 Å². The summed E-state index contributed by atoms with van der Waals surface area (Å²) in [6.07, 6.45) is 2.87. The Bertz CT molecular complexity index is 1020. The lowest BCUT2D eigenvalue weighted by Gasteiger charge is -2.16. The fraction of sp³-hybridized carbons (Fsp3) is 0.174. The molecule has 4 rings (SSSR count). The lowest BCUT2D eigenvalue weighted by molar-refractivity contribution is 0.414. The lowest BCUT2D eigenvalue weighted by Crippen LogP contribution is -2.06. The Balaban J connectivity index is 1.65. The fourth-order valence-corrected chi connectivity index (χ4v) is 4.06. The van der Waals surface area contributed by atoms with Crippen molar-refractivity contribution in [2.75, 3.05) is 12.8 Å². The number of nitrogens with zero attached hydrogens (tertiary/aromatic N) is 2. The number of imidazole rings is 1. The number of thiophene rings is 1. The van der Waals surface area contributed by atoms with Crippen LogP contribution in [0.2, 0.25) is 0 Å². The molecule has 2 aromatic heterocycles. The zero-order chi connectivity index (χ0) is 19.5. The monoisotopic (exact) mass is 389 g/mol. The standard InChI is InChI=1S/C23H23N3OS/c1-26-14-22(25-23(26)24)21(18-7-9-20(27-2)10-8-18)13-16-3-5-17(6-4-16)19-11-12-28-15-19/h3-12,14-15,21H,13H2,1-2H3,(H2,24,25). The van der Waals surface area contributed by atoms with Crippen molar-refractivity contribution >= 4 is 17.3 Å². The van der Waals surface area contributed by atoms with E-state index in [1.807, 2.05) is 29.9 Å². The van der Waals surface area contributed by atoms with Gasteiger partial charge in [0.1, 0.15) is 5.75 Å². The van der Waals surface area contributed by atoms with Crippen LogP contribution in [0.15, 0.2) is 71.6 Å². The zero-order valence-electron chi connectivity index (χ0n) is 16.0. The van der Waals surface area contributed by atoms with Crippen molar-refractivity contribution < 1.29 is 4.74 Å². The van der Waals surface area contributed by atoms with Crippen molar-refractivity contribution in [1.29, 1.82) is 0 Å². The number of methoxy groups -OCH3 is 1. The number of nitrogen functional groups attached to an aromatic ring is 1. The van der Waals surface area contributed by atoms with Crippen LogP contribution in [-0.4, -0.2) is 16.7 Å². The lowest BCUT2D eigenvalue weighted by atomic mass is 9.89. The predicted molar refractivity (Wildman–Crippen MR) is 116 cm³/mol. The Morgan fingerprint density at radius 3 is 2.36 bits per heavy atom. The minimum Gasteiger partial charge on any atom is -0.497 e. The Morgan fingerprint density at radius 1 is 1.04 bits per heavy atom. The Hall–Kier alpha value is -3.05. The molecule has 142 valence electrons. The molecular formula is C23H23N3OS. The van der Waals surface area contributed by atoms with Crippen molar-refractivity contribution in [3.8, 4) is 16.9 Å². The van der Waals surface area contributed by atoms with Crippen LogP contribution in [0, 0.1) is 0 Å². The molecule has 0 radical (unpaired) electrons. The maximum Gasteiger partial charge on any atom is 0.200 e. The van der Waals surface area contributed by atoms with Gasteiger partial charge in [0.05, 0.1) is 12.8 Å². The SMILES string of the molecule is COc1ccc(C(Cc2ccc(-c3ccsc3)cc2)c2cn(C)c(N)n2)cc1. The second kappa shape index (κ2) is 7.90. The molecule has 1 unspecified atom stereocenters. The molecule has 0 bridgehead atoms. The second-order valence-electron chi connectivity index (χ2n) is 6.87. The van der Waals surface area contributed by atoms with Gasteiger partial charge >= 0.3 is 0 Å². The summed E-state index contributed by atoms with van der Waals surface area (Å²) in [5, 5.41) is 4.28. The first-order valence-electron chi connectivity index (χ1n) is 9.18. The van der Waals surface area contributed by atoms with Gasteiger partial charge in [-0.25, -0.2) is 4.98 Å². The number of aromatic nitrogens is 2. The van der Waals surface area contributed by atoms with Crippen LogP contribution in [-0.2, 0) is 13.5 Å². The summed E-state index contributed by atoms with van der Waals surface area (Å²) in [5.41, 5.74) is 12.0. The van der Waals surface area contributed by atoms with E-state index in [-0.39, 0.29) is 5.92 Å². The van der Waals surface area contributed by atoms with Gasteiger partial charge in [-0.1, -0.05) is 36.4 Å². The molecule has 0 spiro atoms. The van der Waals surface area contributed by atoms with Gasteiger partial charge in [-0.2, -0.15) is 11.3 Å². The van der Waals surface area contributed by atoms with Gasteiger partial charge in [0.2, 0.25) is 0 Å². The van der Waals surface area contributed by atoms with E-state index in [1.165, 1.54) is 22.3 Å². The topological polar surface area (TPSA) is 53.1 Å².